The van der Waals surface area contributed by atoms with E-state index in [4.69, 9.17) is 9.47 Å². The number of nitrogens with one attached hydrogen (secondary N) is 1. The summed E-state index contributed by atoms with van der Waals surface area (Å²) in [6.07, 6.45) is 1.16. The number of benzene rings is 1. The molecule has 2 rings (SSSR count). The largest absolute Gasteiger partial charge is 0.497 e. The molecule has 2 atom stereocenters. The summed E-state index contributed by atoms with van der Waals surface area (Å²) in [5, 5.41) is 3.58. The van der Waals surface area contributed by atoms with Gasteiger partial charge >= 0.3 is 0 Å². The SMILES string of the molecule is CCCNC1COCC1CN(C)c1cccc(OC)c1. The van der Waals surface area contributed by atoms with Crippen molar-refractivity contribution in [1.29, 1.82) is 0 Å². The van der Waals surface area contributed by atoms with Gasteiger partial charge < -0.3 is 19.7 Å². The van der Waals surface area contributed by atoms with Crippen LogP contribution in [0.5, 0.6) is 5.75 Å². The molecule has 4 heteroatoms. The van der Waals surface area contributed by atoms with Gasteiger partial charge in [-0.15, -0.1) is 0 Å². The molecule has 1 N–H and O–H groups in total. The third kappa shape index (κ3) is 3.87. The Kier molecular flexibility index (Phi) is 5.68. The second-order valence-electron chi connectivity index (χ2n) is 5.44. The van der Waals surface area contributed by atoms with Crippen LogP contribution >= 0.6 is 0 Å². The molecule has 112 valence electrons. The van der Waals surface area contributed by atoms with Crippen molar-refractivity contribution >= 4 is 5.69 Å². The van der Waals surface area contributed by atoms with E-state index in [1.807, 2.05) is 12.1 Å². The Balaban J connectivity index is 1.94. The van der Waals surface area contributed by atoms with Crippen LogP contribution < -0.4 is 15.0 Å². The van der Waals surface area contributed by atoms with Crippen molar-refractivity contribution in [2.75, 3.05) is 45.4 Å². The predicted molar refractivity (Wildman–Crippen MR) is 82.7 cm³/mol. The lowest BCUT2D eigenvalue weighted by molar-refractivity contribution is 0.183. The molecular weight excluding hydrogens is 252 g/mol. The van der Waals surface area contributed by atoms with Crippen molar-refractivity contribution in [2.45, 2.75) is 19.4 Å². The van der Waals surface area contributed by atoms with Crippen LogP contribution in [0.1, 0.15) is 13.3 Å². The maximum Gasteiger partial charge on any atom is 0.120 e. The highest BCUT2D eigenvalue weighted by atomic mass is 16.5. The average Bonchev–Trinajstić information content (AvgIpc) is 2.92. The molecule has 0 spiro atoms. The molecule has 0 radical (unpaired) electrons. The fourth-order valence-corrected chi connectivity index (χ4v) is 2.64. The first-order valence-electron chi connectivity index (χ1n) is 7.41. The number of rotatable bonds is 7. The summed E-state index contributed by atoms with van der Waals surface area (Å²) in [5.74, 6) is 1.44. The van der Waals surface area contributed by atoms with E-state index < -0.39 is 0 Å². The van der Waals surface area contributed by atoms with E-state index in [0.29, 0.717) is 12.0 Å². The maximum absolute atomic E-state index is 5.63. The number of ether oxygens (including phenoxy) is 2. The van der Waals surface area contributed by atoms with Crippen molar-refractivity contribution < 1.29 is 9.47 Å². The second kappa shape index (κ2) is 7.50. The lowest BCUT2D eigenvalue weighted by atomic mass is 10.0. The van der Waals surface area contributed by atoms with E-state index in [1.54, 1.807) is 7.11 Å². The Morgan fingerprint density at radius 2 is 2.25 bits per heavy atom. The number of hydrogen-bond donors (Lipinski definition) is 1. The molecule has 0 saturated carbocycles. The van der Waals surface area contributed by atoms with Crippen LogP contribution in [0.3, 0.4) is 0 Å². The third-order valence-electron chi connectivity index (χ3n) is 3.86. The quantitative estimate of drug-likeness (QED) is 0.828. The minimum Gasteiger partial charge on any atom is -0.497 e. The summed E-state index contributed by atoms with van der Waals surface area (Å²) >= 11 is 0. The molecule has 0 bridgehead atoms. The molecule has 0 aliphatic carbocycles. The van der Waals surface area contributed by atoms with E-state index in [1.165, 1.54) is 5.69 Å². The fourth-order valence-electron chi connectivity index (χ4n) is 2.64. The van der Waals surface area contributed by atoms with Crippen molar-refractivity contribution in [3.8, 4) is 5.75 Å². The van der Waals surface area contributed by atoms with Gasteiger partial charge in [0, 0.05) is 37.3 Å². The maximum atomic E-state index is 5.63. The molecule has 2 unspecified atom stereocenters. The Hall–Kier alpha value is -1.26. The zero-order chi connectivity index (χ0) is 14.4. The highest BCUT2D eigenvalue weighted by Crippen LogP contribution is 2.23. The Bertz CT molecular complexity index is 411. The topological polar surface area (TPSA) is 33.7 Å². The van der Waals surface area contributed by atoms with Crippen LogP contribution in [0.25, 0.3) is 0 Å². The molecule has 1 fully saturated rings. The van der Waals surface area contributed by atoms with Crippen LogP contribution in [-0.2, 0) is 4.74 Å². The molecule has 0 amide bonds. The van der Waals surface area contributed by atoms with Crippen molar-refractivity contribution in [2.24, 2.45) is 5.92 Å². The van der Waals surface area contributed by atoms with Gasteiger partial charge in [-0.05, 0) is 25.1 Å². The molecule has 1 aliphatic heterocycles. The number of anilines is 1. The van der Waals surface area contributed by atoms with Crippen LogP contribution in [0.15, 0.2) is 24.3 Å². The minimum atomic E-state index is 0.475. The molecule has 1 saturated heterocycles. The number of hydrogen-bond acceptors (Lipinski definition) is 4. The molecule has 1 aromatic rings. The van der Waals surface area contributed by atoms with Crippen LogP contribution in [0.4, 0.5) is 5.69 Å². The summed E-state index contributed by atoms with van der Waals surface area (Å²) in [6.45, 7) is 5.93. The van der Waals surface area contributed by atoms with Crippen molar-refractivity contribution in [1.82, 2.24) is 5.32 Å². The zero-order valence-corrected chi connectivity index (χ0v) is 12.8. The molecule has 0 aromatic heterocycles. The highest BCUT2D eigenvalue weighted by Gasteiger charge is 2.28. The summed E-state index contributed by atoms with van der Waals surface area (Å²) in [7, 11) is 3.83. The molecular formula is C16H26N2O2. The predicted octanol–water partition coefficient (Wildman–Crippen LogP) is 2.15. The Labute approximate surface area is 122 Å². The van der Waals surface area contributed by atoms with Gasteiger partial charge in [0.15, 0.2) is 0 Å². The van der Waals surface area contributed by atoms with Gasteiger partial charge in [-0.3, -0.25) is 0 Å². The highest BCUT2D eigenvalue weighted by molar-refractivity contribution is 5.50. The van der Waals surface area contributed by atoms with E-state index in [9.17, 15) is 0 Å². The van der Waals surface area contributed by atoms with Crippen molar-refractivity contribution in [3.63, 3.8) is 0 Å². The molecule has 1 aromatic carbocycles. The van der Waals surface area contributed by atoms with Gasteiger partial charge in [0.25, 0.3) is 0 Å². The van der Waals surface area contributed by atoms with E-state index in [-0.39, 0.29) is 0 Å². The fraction of sp³-hybridized carbons (Fsp3) is 0.625. The van der Waals surface area contributed by atoms with Gasteiger partial charge in [0.2, 0.25) is 0 Å². The third-order valence-corrected chi connectivity index (χ3v) is 3.86. The Morgan fingerprint density at radius 1 is 1.40 bits per heavy atom. The first kappa shape index (κ1) is 15.1. The normalized spacial score (nSPS) is 21.9. The average molecular weight is 278 g/mol. The smallest absolute Gasteiger partial charge is 0.120 e. The monoisotopic (exact) mass is 278 g/mol. The lowest BCUT2D eigenvalue weighted by Gasteiger charge is -2.26. The molecule has 1 heterocycles. The second-order valence-corrected chi connectivity index (χ2v) is 5.44. The van der Waals surface area contributed by atoms with E-state index in [0.717, 1.165) is 38.5 Å². The van der Waals surface area contributed by atoms with Crippen LogP contribution in [0, 0.1) is 5.92 Å². The van der Waals surface area contributed by atoms with Crippen LogP contribution in [0.2, 0.25) is 0 Å². The standard InChI is InChI=1S/C16H26N2O2/c1-4-8-17-16-12-20-11-13(16)10-18(2)14-6-5-7-15(9-14)19-3/h5-7,9,13,16-17H,4,8,10-12H2,1-3H3. The Morgan fingerprint density at radius 3 is 3.00 bits per heavy atom. The lowest BCUT2D eigenvalue weighted by Crippen LogP contribution is -2.41. The number of nitrogens with zero attached hydrogens (tertiary/aromatic N) is 1. The van der Waals surface area contributed by atoms with Gasteiger partial charge in [-0.2, -0.15) is 0 Å². The van der Waals surface area contributed by atoms with E-state index in [2.05, 4.69) is 36.3 Å². The summed E-state index contributed by atoms with van der Waals surface area (Å²) in [6, 6.07) is 8.67. The van der Waals surface area contributed by atoms with Gasteiger partial charge in [-0.1, -0.05) is 13.0 Å². The first-order chi connectivity index (χ1) is 9.74. The van der Waals surface area contributed by atoms with Gasteiger partial charge in [-0.25, -0.2) is 0 Å². The van der Waals surface area contributed by atoms with Crippen molar-refractivity contribution in [3.05, 3.63) is 24.3 Å². The minimum absolute atomic E-state index is 0.475. The molecule has 1 aliphatic rings. The number of methoxy groups -OCH3 is 1. The summed E-state index contributed by atoms with van der Waals surface area (Å²) < 4.78 is 10.9. The van der Waals surface area contributed by atoms with Gasteiger partial charge in [0.1, 0.15) is 5.75 Å². The summed E-state index contributed by atoms with van der Waals surface area (Å²) in [4.78, 5) is 2.28. The van der Waals surface area contributed by atoms with E-state index >= 15 is 0 Å². The molecule has 4 nitrogen and oxygen atoms in total. The zero-order valence-electron chi connectivity index (χ0n) is 12.8. The van der Waals surface area contributed by atoms with Crippen LogP contribution in [-0.4, -0.2) is 46.5 Å². The molecule has 20 heavy (non-hydrogen) atoms. The van der Waals surface area contributed by atoms with Gasteiger partial charge in [0.05, 0.1) is 20.3 Å². The first-order valence-corrected chi connectivity index (χ1v) is 7.41. The summed E-state index contributed by atoms with van der Waals surface area (Å²) in [5.41, 5.74) is 1.19.